The molecule has 0 atom stereocenters. The predicted octanol–water partition coefficient (Wildman–Crippen LogP) is 39.1. The SMILES string of the molecule is c1ccc(-c2cccc3c2sc2cccc(-c4ccccc4-c4ccc5sc6c7ccccc7n(-c7ccccc7)c6c5c4)c23)cc1.c1ccc(-n2c3ccccc3c3sc4ccc(-c5ccccc5-c5ccc6c(c5)sc5ccc7ccccc7c56)cc4c32)cc1.c1ccc(-n2c3ccccc3c3sc4ccc(-c5ccccc5-c5cccc6sc7c8ccccc8ccc7c56)cc4c32)cc1. The van der Waals surface area contributed by atoms with Crippen LogP contribution in [0.2, 0.25) is 0 Å². The van der Waals surface area contributed by atoms with E-state index in [-0.39, 0.29) is 0 Å². The van der Waals surface area contributed by atoms with Gasteiger partial charge in [0, 0.05) is 124 Å². The van der Waals surface area contributed by atoms with Gasteiger partial charge in [-0.1, -0.05) is 352 Å². The van der Waals surface area contributed by atoms with Gasteiger partial charge in [0.15, 0.2) is 0 Å². The maximum absolute atomic E-state index is 2.45. The summed E-state index contributed by atoms with van der Waals surface area (Å²) in [6, 6.07) is 171. The summed E-state index contributed by atoms with van der Waals surface area (Å²) < 4.78 is 23.3. The van der Waals surface area contributed by atoms with Gasteiger partial charge in [0.2, 0.25) is 0 Å². The third-order valence-corrected chi connectivity index (χ3v) is 34.9. The second kappa shape index (κ2) is 32.4. The summed E-state index contributed by atoms with van der Waals surface area (Å²) in [4.78, 5) is 0. The summed E-state index contributed by atoms with van der Waals surface area (Å²) in [5.74, 6) is 0. The smallest absolute Gasteiger partial charge is 0.0727 e. The van der Waals surface area contributed by atoms with Crippen molar-refractivity contribution in [3.63, 3.8) is 0 Å². The first-order valence-electron chi connectivity index (χ1n) is 46.5. The minimum absolute atomic E-state index is 1.19. The molecule has 3 nitrogen and oxygen atoms in total. The number of rotatable bonds is 10. The van der Waals surface area contributed by atoms with Crippen molar-refractivity contribution in [2.24, 2.45) is 0 Å². The Kier molecular flexibility index (Phi) is 18.9. The Morgan fingerprint density at radius 3 is 0.934 bits per heavy atom. The number of thiophene rings is 6. The molecule has 9 aromatic heterocycles. The molecule has 30 aromatic rings. The van der Waals surface area contributed by atoms with Crippen molar-refractivity contribution < 1.29 is 0 Å². The van der Waals surface area contributed by atoms with Gasteiger partial charge in [0.25, 0.3) is 0 Å². The highest BCUT2D eigenvalue weighted by atomic mass is 32.1. The Labute approximate surface area is 812 Å². The van der Waals surface area contributed by atoms with E-state index < -0.39 is 0 Å². The van der Waals surface area contributed by atoms with Crippen LogP contribution < -0.4 is 0 Å². The van der Waals surface area contributed by atoms with E-state index in [0.717, 1.165) is 0 Å². The molecule has 0 aliphatic carbocycles. The van der Waals surface area contributed by atoms with Gasteiger partial charge in [0.1, 0.15) is 0 Å². The second-order valence-corrected chi connectivity index (χ2v) is 41.8. The molecule has 0 N–H and O–H groups in total. The van der Waals surface area contributed by atoms with Crippen LogP contribution in [-0.4, -0.2) is 13.7 Å². The number of para-hydroxylation sites is 6. The molecule has 9 heteroatoms. The maximum Gasteiger partial charge on any atom is 0.0727 e. The van der Waals surface area contributed by atoms with Crippen molar-refractivity contribution in [1.29, 1.82) is 0 Å². The van der Waals surface area contributed by atoms with Gasteiger partial charge in [-0.25, -0.2) is 0 Å². The fourth-order valence-corrected chi connectivity index (χ4v) is 29.1. The summed E-state index contributed by atoms with van der Waals surface area (Å²) in [6.07, 6.45) is 0. The number of aromatic nitrogens is 3. The summed E-state index contributed by atoms with van der Waals surface area (Å²) >= 11 is 11.4. The first-order chi connectivity index (χ1) is 68.0. The van der Waals surface area contributed by atoms with Crippen molar-refractivity contribution in [2.75, 3.05) is 0 Å². The molecule has 0 aliphatic heterocycles. The number of fused-ring (bicyclic) bond motifs is 28. The topological polar surface area (TPSA) is 14.8 Å². The largest absolute Gasteiger partial charge is 0.308 e. The number of benzene rings is 21. The van der Waals surface area contributed by atoms with Crippen molar-refractivity contribution in [3.05, 3.63) is 467 Å². The van der Waals surface area contributed by atoms with Crippen molar-refractivity contribution >= 4 is 244 Å². The fourth-order valence-electron chi connectivity index (χ4n) is 21.8. The van der Waals surface area contributed by atoms with Gasteiger partial charge in [-0.3, -0.25) is 0 Å². The van der Waals surface area contributed by atoms with Gasteiger partial charge < -0.3 is 13.7 Å². The lowest BCUT2D eigenvalue weighted by Gasteiger charge is -2.13. The molecule has 0 spiro atoms. The molecule has 0 fully saturated rings. The molecule has 9 heterocycles. The molecule has 21 aromatic carbocycles. The van der Waals surface area contributed by atoms with Crippen LogP contribution in [0.1, 0.15) is 0 Å². The first kappa shape index (κ1) is 79.6. The minimum Gasteiger partial charge on any atom is -0.308 e. The molecule has 0 aliphatic rings. The maximum atomic E-state index is 2.45. The van der Waals surface area contributed by atoms with E-state index in [9.17, 15) is 0 Å². The number of hydrogen-bond donors (Lipinski definition) is 0. The standard InChI is InChI=1S/C44H27NS2.2C42H25NS2/c1-3-13-28(14-4-1)32-20-11-22-36-41-34(21-12-24-40(41)47-43(32)36)33-18-8-7-17-31(33)29-25-26-39-37(27-29)42-44(46-39)35-19-9-10-23-38(35)45(42)30-15-5-2-6-16-30;1-2-12-28(13-3-1)43-36-19-9-8-17-33(36)42-40(43)35-25-27(22-24-37(35)44-42)29-14-6-7-16-31(29)32-18-10-20-38-39(32)34-23-21-26-11-4-5-15-30(26)41(34)45-38;1-2-11-29(12-3-1)43-36-17-9-8-16-33(36)42-41(43)35-24-27(20-22-37(35)45-42)30-13-6-7-14-31(30)28-18-21-34-39(25-28)44-38-23-19-26-10-4-5-15-32(26)40(34)38/h1-27H;2*1-25H. The lowest BCUT2D eigenvalue weighted by atomic mass is 9.91. The first-order valence-corrected chi connectivity index (χ1v) is 51.4. The molecule has 0 radical (unpaired) electrons. The van der Waals surface area contributed by atoms with Crippen LogP contribution in [0.3, 0.4) is 0 Å². The Morgan fingerprint density at radius 1 is 0.139 bits per heavy atom. The quantitative estimate of drug-likeness (QED) is 0.130. The van der Waals surface area contributed by atoms with Crippen LogP contribution >= 0.6 is 68.0 Å². The van der Waals surface area contributed by atoms with Crippen LogP contribution in [0.15, 0.2) is 467 Å². The molecule has 640 valence electrons. The average Bonchev–Trinajstić information content (AvgIpc) is 1.56. The van der Waals surface area contributed by atoms with Crippen LogP contribution in [0, 0.1) is 0 Å². The zero-order chi connectivity index (χ0) is 89.9. The van der Waals surface area contributed by atoms with Crippen LogP contribution in [0.25, 0.3) is 271 Å². The van der Waals surface area contributed by atoms with E-state index in [4.69, 9.17) is 0 Å². The summed E-state index contributed by atoms with van der Waals surface area (Å²) in [5.41, 5.74) is 28.9. The molecule has 0 saturated heterocycles. The lowest BCUT2D eigenvalue weighted by Crippen LogP contribution is -1.93. The monoisotopic (exact) mass is 1850 g/mol. The van der Waals surface area contributed by atoms with Gasteiger partial charge in [-0.2, -0.15) is 0 Å². The fraction of sp³-hybridized carbons (Fsp3) is 0. The zero-order valence-electron chi connectivity index (χ0n) is 73.7. The predicted molar refractivity (Wildman–Crippen MR) is 600 cm³/mol. The minimum atomic E-state index is 1.19. The molecular weight excluding hydrogens is 1770 g/mol. The van der Waals surface area contributed by atoms with Crippen molar-refractivity contribution in [3.8, 4) is 95.0 Å². The van der Waals surface area contributed by atoms with Crippen molar-refractivity contribution in [2.45, 2.75) is 0 Å². The molecule has 137 heavy (non-hydrogen) atoms. The van der Waals surface area contributed by atoms with E-state index in [0.29, 0.717) is 0 Å². The summed E-state index contributed by atoms with van der Waals surface area (Å²) in [5, 5.41) is 21.1. The van der Waals surface area contributed by atoms with Crippen LogP contribution in [-0.2, 0) is 0 Å². The van der Waals surface area contributed by atoms with Crippen LogP contribution in [0.5, 0.6) is 0 Å². The summed E-state index contributed by atoms with van der Waals surface area (Å²) in [6.45, 7) is 0. The summed E-state index contributed by atoms with van der Waals surface area (Å²) in [7, 11) is 0. The van der Waals surface area contributed by atoms with E-state index in [1.807, 2.05) is 68.0 Å². The molecule has 0 bridgehead atoms. The van der Waals surface area contributed by atoms with E-state index in [2.05, 4.69) is 481 Å². The van der Waals surface area contributed by atoms with Gasteiger partial charge in [0.05, 0.1) is 47.2 Å². The van der Waals surface area contributed by atoms with Crippen LogP contribution in [0.4, 0.5) is 0 Å². The Hall–Kier alpha value is -15.9. The Morgan fingerprint density at radius 2 is 0.453 bits per heavy atom. The van der Waals surface area contributed by atoms with E-state index >= 15 is 0 Å². The number of hydrogen-bond acceptors (Lipinski definition) is 6. The lowest BCUT2D eigenvalue weighted by molar-refractivity contribution is 1.19. The van der Waals surface area contributed by atoms with Gasteiger partial charge in [-0.15, -0.1) is 68.0 Å². The molecule has 0 unspecified atom stereocenters. The van der Waals surface area contributed by atoms with E-state index in [1.165, 1.54) is 271 Å². The highest BCUT2D eigenvalue weighted by Gasteiger charge is 2.27. The Balaban J connectivity index is 0.000000102. The van der Waals surface area contributed by atoms with Gasteiger partial charge in [-0.05, 0) is 215 Å². The highest BCUT2D eigenvalue weighted by Crippen LogP contribution is 2.54. The second-order valence-electron chi connectivity index (χ2n) is 35.4. The molecule has 30 rings (SSSR count). The number of nitrogens with zero attached hydrogens (tertiary/aromatic N) is 3. The van der Waals surface area contributed by atoms with Crippen molar-refractivity contribution in [1.82, 2.24) is 13.7 Å². The average molecular weight is 1850 g/mol. The Bertz CT molecular complexity index is 10100. The zero-order valence-corrected chi connectivity index (χ0v) is 78.6. The molecule has 0 saturated carbocycles. The third-order valence-electron chi connectivity index (χ3n) is 27.8. The highest BCUT2D eigenvalue weighted by molar-refractivity contribution is 7.29. The molecule has 0 amide bonds. The van der Waals surface area contributed by atoms with Gasteiger partial charge >= 0.3 is 0 Å². The van der Waals surface area contributed by atoms with E-state index in [1.54, 1.807) is 0 Å². The normalized spacial score (nSPS) is 11.9. The third kappa shape index (κ3) is 12.9. The molecular formula is C128H77N3S6.